The zero-order valence-corrected chi connectivity index (χ0v) is 17.5. The molecule has 8 heteroatoms. The molecular weight excluding hydrogens is 376 g/mol. The lowest BCUT2D eigenvalue weighted by Gasteiger charge is -2.09. The van der Waals surface area contributed by atoms with Crippen LogP contribution in [0.15, 0.2) is 24.3 Å². The third kappa shape index (κ3) is 14.0. The van der Waals surface area contributed by atoms with Gasteiger partial charge in [0.1, 0.15) is 6.61 Å². The lowest BCUT2D eigenvalue weighted by atomic mass is 10.2. The fraction of sp³-hybridized carbons (Fsp3) is 0.667. The van der Waals surface area contributed by atoms with Crippen LogP contribution in [-0.4, -0.2) is 78.5 Å². The van der Waals surface area contributed by atoms with Gasteiger partial charge >= 0.3 is 5.97 Å². The maximum absolute atomic E-state index is 12.0. The summed E-state index contributed by atoms with van der Waals surface area (Å²) in [6, 6.07) is 7.30. The Labute approximate surface area is 174 Å². The summed E-state index contributed by atoms with van der Waals surface area (Å²) in [6.07, 6.45) is 2.26. The number of nitrogens with two attached hydrogens (primary N) is 1. The van der Waals surface area contributed by atoms with Crippen molar-refractivity contribution in [3.8, 4) is 0 Å². The minimum atomic E-state index is -0.349. The van der Waals surface area contributed by atoms with Crippen LogP contribution < -0.4 is 11.1 Å². The summed E-state index contributed by atoms with van der Waals surface area (Å²) in [7, 11) is 0. The molecule has 0 bridgehead atoms. The van der Waals surface area contributed by atoms with Crippen molar-refractivity contribution in [1.29, 1.82) is 0 Å². The highest BCUT2D eigenvalue weighted by molar-refractivity contribution is 5.89. The summed E-state index contributed by atoms with van der Waals surface area (Å²) in [6.45, 7) is 7.68. The second-order valence-electron chi connectivity index (χ2n) is 6.23. The van der Waals surface area contributed by atoms with Crippen LogP contribution in [0.25, 0.3) is 0 Å². The number of ether oxygens (including phenoxy) is 5. The van der Waals surface area contributed by atoms with Gasteiger partial charge in [0.25, 0.3) is 0 Å². The summed E-state index contributed by atoms with van der Waals surface area (Å²) in [5.74, 6) is -0.349. The second-order valence-corrected chi connectivity index (χ2v) is 6.23. The van der Waals surface area contributed by atoms with Crippen molar-refractivity contribution < 1.29 is 28.5 Å². The smallest absolute Gasteiger partial charge is 0.338 e. The molecule has 0 radical (unpaired) electrons. The first kappa shape index (κ1) is 25.3. The molecule has 1 aromatic carbocycles. The van der Waals surface area contributed by atoms with Gasteiger partial charge in [-0.05, 0) is 30.7 Å². The number of nitrogens with one attached hydrogen (secondary N) is 1. The molecule has 0 aliphatic heterocycles. The standard InChI is InChI=1S/C21H36N2O6/c1-2-3-9-23-20-6-4-19(5-7-20)21(24)29-18-17-28-16-15-27-14-13-26-12-11-25-10-8-22/h4-7,23H,2-3,8-18,22H2,1H3. The number of rotatable bonds is 19. The molecule has 0 aromatic heterocycles. The molecule has 166 valence electrons. The molecule has 29 heavy (non-hydrogen) atoms. The van der Waals surface area contributed by atoms with E-state index in [1.165, 1.54) is 0 Å². The Balaban J connectivity index is 1.93. The molecule has 1 rings (SSSR count). The average molecular weight is 413 g/mol. The van der Waals surface area contributed by atoms with E-state index in [2.05, 4.69) is 12.2 Å². The number of carbonyl (C=O) groups excluding carboxylic acids is 1. The largest absolute Gasteiger partial charge is 0.460 e. The van der Waals surface area contributed by atoms with E-state index in [1.807, 2.05) is 12.1 Å². The van der Waals surface area contributed by atoms with E-state index in [-0.39, 0.29) is 12.6 Å². The Morgan fingerprint density at radius 1 is 0.828 bits per heavy atom. The first-order chi connectivity index (χ1) is 14.3. The molecular formula is C21H36N2O6. The monoisotopic (exact) mass is 412 g/mol. The zero-order chi connectivity index (χ0) is 21.0. The molecule has 0 spiro atoms. The quantitative estimate of drug-likeness (QED) is 0.263. The molecule has 3 N–H and O–H groups in total. The van der Waals surface area contributed by atoms with Crippen molar-refractivity contribution in [2.24, 2.45) is 5.73 Å². The topological polar surface area (TPSA) is 101 Å². The summed E-state index contributed by atoms with van der Waals surface area (Å²) in [5.41, 5.74) is 6.84. The lowest BCUT2D eigenvalue weighted by molar-refractivity contribution is -0.00839. The third-order valence-corrected chi connectivity index (χ3v) is 3.82. The van der Waals surface area contributed by atoms with Gasteiger partial charge in [-0.1, -0.05) is 13.3 Å². The van der Waals surface area contributed by atoms with Crippen LogP contribution in [0, 0.1) is 0 Å². The summed E-state index contributed by atoms with van der Waals surface area (Å²) in [5, 5.41) is 3.31. The predicted molar refractivity (Wildman–Crippen MR) is 112 cm³/mol. The maximum atomic E-state index is 12.0. The highest BCUT2D eigenvalue weighted by Gasteiger charge is 2.06. The van der Waals surface area contributed by atoms with Crippen LogP contribution >= 0.6 is 0 Å². The Bertz CT molecular complexity index is 512. The molecule has 0 amide bonds. The zero-order valence-electron chi connectivity index (χ0n) is 17.5. The number of hydrogen-bond acceptors (Lipinski definition) is 8. The Morgan fingerprint density at radius 2 is 1.34 bits per heavy atom. The van der Waals surface area contributed by atoms with Crippen molar-refractivity contribution in [3.63, 3.8) is 0 Å². The van der Waals surface area contributed by atoms with Crippen molar-refractivity contribution in [1.82, 2.24) is 0 Å². The van der Waals surface area contributed by atoms with Gasteiger partial charge in [0, 0.05) is 18.8 Å². The third-order valence-electron chi connectivity index (χ3n) is 3.82. The summed E-state index contributed by atoms with van der Waals surface area (Å²) < 4.78 is 26.5. The van der Waals surface area contributed by atoms with Gasteiger partial charge in [0.2, 0.25) is 0 Å². The van der Waals surface area contributed by atoms with E-state index in [9.17, 15) is 4.79 Å². The Morgan fingerprint density at radius 3 is 1.86 bits per heavy atom. The lowest BCUT2D eigenvalue weighted by Crippen LogP contribution is -2.15. The minimum absolute atomic E-state index is 0.210. The van der Waals surface area contributed by atoms with E-state index >= 15 is 0 Å². The van der Waals surface area contributed by atoms with E-state index in [0.717, 1.165) is 25.1 Å². The number of hydrogen-bond donors (Lipinski definition) is 2. The van der Waals surface area contributed by atoms with E-state index in [4.69, 9.17) is 29.4 Å². The van der Waals surface area contributed by atoms with Gasteiger partial charge in [0.05, 0.1) is 58.4 Å². The van der Waals surface area contributed by atoms with Crippen molar-refractivity contribution in [2.45, 2.75) is 19.8 Å². The molecule has 0 heterocycles. The highest BCUT2D eigenvalue weighted by Crippen LogP contribution is 2.10. The first-order valence-corrected chi connectivity index (χ1v) is 10.3. The van der Waals surface area contributed by atoms with Crippen LogP contribution in [0.3, 0.4) is 0 Å². The molecule has 1 aromatic rings. The minimum Gasteiger partial charge on any atom is -0.460 e. The van der Waals surface area contributed by atoms with Crippen molar-refractivity contribution in [3.05, 3.63) is 29.8 Å². The highest BCUT2D eigenvalue weighted by atomic mass is 16.6. The Hall–Kier alpha value is -1.71. The van der Waals surface area contributed by atoms with Gasteiger partial charge in [-0.15, -0.1) is 0 Å². The SMILES string of the molecule is CCCCNc1ccc(C(=O)OCCOCCOCCOCCOCCN)cc1. The predicted octanol–water partition coefficient (Wildman–Crippen LogP) is 2.08. The van der Waals surface area contributed by atoms with Crippen LogP contribution in [0.4, 0.5) is 5.69 Å². The van der Waals surface area contributed by atoms with Crippen LogP contribution in [0.5, 0.6) is 0 Å². The van der Waals surface area contributed by atoms with Gasteiger partial charge in [0.15, 0.2) is 0 Å². The van der Waals surface area contributed by atoms with Gasteiger partial charge < -0.3 is 34.7 Å². The fourth-order valence-corrected chi connectivity index (χ4v) is 2.26. The molecule has 0 aliphatic carbocycles. The molecule has 0 saturated heterocycles. The normalized spacial score (nSPS) is 10.8. The number of benzene rings is 1. The molecule has 0 atom stereocenters. The van der Waals surface area contributed by atoms with Crippen molar-refractivity contribution in [2.75, 3.05) is 77.9 Å². The number of esters is 1. The first-order valence-electron chi connectivity index (χ1n) is 10.3. The molecule has 0 fully saturated rings. The second kappa shape index (κ2) is 18.3. The molecule has 0 unspecified atom stereocenters. The summed E-state index contributed by atoms with van der Waals surface area (Å²) in [4.78, 5) is 12.0. The van der Waals surface area contributed by atoms with Crippen LogP contribution in [0.2, 0.25) is 0 Å². The van der Waals surface area contributed by atoms with E-state index in [0.29, 0.717) is 65.0 Å². The van der Waals surface area contributed by atoms with Gasteiger partial charge in [-0.3, -0.25) is 0 Å². The van der Waals surface area contributed by atoms with Gasteiger partial charge in [-0.25, -0.2) is 4.79 Å². The molecule has 0 saturated carbocycles. The number of unbranched alkanes of at least 4 members (excludes halogenated alkanes) is 1. The van der Waals surface area contributed by atoms with E-state index < -0.39 is 0 Å². The summed E-state index contributed by atoms with van der Waals surface area (Å²) >= 11 is 0. The van der Waals surface area contributed by atoms with Crippen molar-refractivity contribution >= 4 is 11.7 Å². The molecule has 8 nitrogen and oxygen atoms in total. The number of anilines is 1. The fourth-order valence-electron chi connectivity index (χ4n) is 2.26. The van der Waals surface area contributed by atoms with E-state index in [1.54, 1.807) is 12.1 Å². The van der Waals surface area contributed by atoms with Crippen LogP contribution in [0.1, 0.15) is 30.1 Å². The number of carbonyl (C=O) groups is 1. The average Bonchev–Trinajstić information content (AvgIpc) is 2.74. The Kier molecular flexibility index (Phi) is 16.0. The molecule has 0 aliphatic rings. The van der Waals surface area contributed by atoms with Gasteiger partial charge in [-0.2, -0.15) is 0 Å². The van der Waals surface area contributed by atoms with Crippen LogP contribution in [-0.2, 0) is 23.7 Å². The maximum Gasteiger partial charge on any atom is 0.338 e.